The van der Waals surface area contributed by atoms with Crippen molar-refractivity contribution < 1.29 is 4.42 Å². The highest BCUT2D eigenvalue weighted by molar-refractivity contribution is 5.20. The normalized spacial score (nSPS) is 26.8. The third kappa shape index (κ3) is 3.51. The molecule has 1 aliphatic carbocycles. The van der Waals surface area contributed by atoms with Crippen molar-refractivity contribution in [2.75, 3.05) is 13.1 Å². The molecule has 1 aromatic rings. The van der Waals surface area contributed by atoms with Crippen LogP contribution in [0.4, 0.5) is 0 Å². The summed E-state index contributed by atoms with van der Waals surface area (Å²) in [6.07, 6.45) is 8.52. The molecule has 0 bridgehead atoms. The van der Waals surface area contributed by atoms with E-state index in [2.05, 4.69) is 30.1 Å². The smallest absolute Gasteiger partial charge is 0.120 e. The van der Waals surface area contributed by atoms with Gasteiger partial charge in [-0.25, -0.2) is 0 Å². The van der Waals surface area contributed by atoms with E-state index in [9.17, 15) is 0 Å². The van der Waals surface area contributed by atoms with Crippen LogP contribution in [0.15, 0.2) is 10.5 Å². The minimum absolute atomic E-state index is 0.815. The van der Waals surface area contributed by atoms with Gasteiger partial charge in [0.25, 0.3) is 0 Å². The van der Waals surface area contributed by atoms with E-state index in [0.717, 1.165) is 43.1 Å². The van der Waals surface area contributed by atoms with Gasteiger partial charge in [0.1, 0.15) is 11.5 Å². The van der Waals surface area contributed by atoms with E-state index in [0.29, 0.717) is 0 Å². The number of likely N-dealkylation sites (tertiary alicyclic amines) is 1. The quantitative estimate of drug-likeness (QED) is 0.893. The SMILES string of the molecule is CCNCc1oc(CN2CCC[C@H]3CCCC[C@H]32)cc1C. The Labute approximate surface area is 129 Å². The fraction of sp³-hybridized carbons (Fsp3) is 0.778. The number of fused-ring (bicyclic) bond motifs is 1. The van der Waals surface area contributed by atoms with Gasteiger partial charge in [-0.1, -0.05) is 19.8 Å². The molecule has 2 atom stereocenters. The van der Waals surface area contributed by atoms with Crippen LogP contribution in [0.5, 0.6) is 0 Å². The standard InChI is InChI=1S/C18H30N2O/c1-3-19-12-18-14(2)11-16(21-18)13-20-10-6-8-15-7-4-5-9-17(15)20/h11,15,17,19H,3-10,12-13H2,1-2H3/t15-,17-/m1/s1. The van der Waals surface area contributed by atoms with Gasteiger partial charge in [-0.05, 0) is 63.2 Å². The molecule has 0 spiro atoms. The fourth-order valence-electron chi connectivity index (χ4n) is 4.21. The molecule has 0 aromatic carbocycles. The molecule has 3 rings (SSSR count). The molecule has 3 nitrogen and oxygen atoms in total. The average molecular weight is 290 g/mol. The van der Waals surface area contributed by atoms with E-state index in [1.165, 1.54) is 50.6 Å². The van der Waals surface area contributed by atoms with Crippen molar-refractivity contribution in [3.8, 4) is 0 Å². The molecule has 2 heterocycles. The molecule has 2 fully saturated rings. The summed E-state index contributed by atoms with van der Waals surface area (Å²) in [6.45, 7) is 8.41. The molecule has 0 radical (unpaired) electrons. The Morgan fingerprint density at radius 1 is 1.24 bits per heavy atom. The van der Waals surface area contributed by atoms with Gasteiger partial charge in [-0.3, -0.25) is 4.90 Å². The van der Waals surface area contributed by atoms with E-state index in [1.54, 1.807) is 0 Å². The summed E-state index contributed by atoms with van der Waals surface area (Å²) in [4.78, 5) is 2.70. The van der Waals surface area contributed by atoms with Crippen molar-refractivity contribution in [1.82, 2.24) is 10.2 Å². The predicted molar refractivity (Wildman–Crippen MR) is 86.2 cm³/mol. The van der Waals surface area contributed by atoms with Crippen molar-refractivity contribution in [2.24, 2.45) is 5.92 Å². The van der Waals surface area contributed by atoms with Gasteiger partial charge in [0, 0.05) is 6.04 Å². The number of rotatable bonds is 5. The average Bonchev–Trinajstić information content (AvgIpc) is 2.85. The number of aryl methyl sites for hydroxylation is 1. The van der Waals surface area contributed by atoms with Crippen molar-refractivity contribution in [3.05, 3.63) is 23.2 Å². The molecular formula is C18H30N2O. The molecule has 1 saturated heterocycles. The van der Waals surface area contributed by atoms with Crippen LogP contribution in [0.25, 0.3) is 0 Å². The summed E-state index contributed by atoms with van der Waals surface area (Å²) in [5.74, 6) is 3.22. The van der Waals surface area contributed by atoms with Crippen molar-refractivity contribution in [2.45, 2.75) is 71.5 Å². The first kappa shape index (κ1) is 15.1. The molecular weight excluding hydrogens is 260 g/mol. The zero-order chi connectivity index (χ0) is 14.7. The molecule has 2 aliphatic rings. The summed E-state index contributed by atoms with van der Waals surface area (Å²) < 4.78 is 6.09. The second-order valence-corrected chi connectivity index (χ2v) is 6.82. The number of hydrogen-bond donors (Lipinski definition) is 1. The number of hydrogen-bond acceptors (Lipinski definition) is 3. The Morgan fingerprint density at radius 3 is 2.90 bits per heavy atom. The zero-order valence-electron chi connectivity index (χ0n) is 13.7. The summed E-state index contributed by atoms with van der Waals surface area (Å²) in [5, 5.41) is 3.36. The number of furan rings is 1. The third-order valence-electron chi connectivity index (χ3n) is 5.32. The van der Waals surface area contributed by atoms with Crippen molar-refractivity contribution in [3.63, 3.8) is 0 Å². The van der Waals surface area contributed by atoms with Crippen LogP contribution in [0, 0.1) is 12.8 Å². The van der Waals surface area contributed by atoms with Gasteiger partial charge in [0.05, 0.1) is 13.1 Å². The molecule has 1 N–H and O–H groups in total. The van der Waals surface area contributed by atoms with E-state index >= 15 is 0 Å². The minimum Gasteiger partial charge on any atom is -0.463 e. The fourth-order valence-corrected chi connectivity index (χ4v) is 4.21. The van der Waals surface area contributed by atoms with Gasteiger partial charge in [-0.2, -0.15) is 0 Å². The Bertz CT molecular complexity index is 452. The van der Waals surface area contributed by atoms with Crippen LogP contribution in [0.1, 0.15) is 62.5 Å². The monoisotopic (exact) mass is 290 g/mol. The van der Waals surface area contributed by atoms with Crippen molar-refractivity contribution >= 4 is 0 Å². The predicted octanol–water partition coefficient (Wildman–Crippen LogP) is 3.85. The lowest BCUT2D eigenvalue weighted by Crippen LogP contribution is -2.46. The second kappa shape index (κ2) is 6.97. The summed E-state index contributed by atoms with van der Waals surface area (Å²) in [6, 6.07) is 3.06. The summed E-state index contributed by atoms with van der Waals surface area (Å²) >= 11 is 0. The topological polar surface area (TPSA) is 28.4 Å². The molecule has 3 heteroatoms. The molecule has 21 heavy (non-hydrogen) atoms. The third-order valence-corrected chi connectivity index (χ3v) is 5.32. The Kier molecular flexibility index (Phi) is 5.02. The lowest BCUT2D eigenvalue weighted by Gasteiger charge is -2.43. The number of piperidine rings is 1. The summed E-state index contributed by atoms with van der Waals surface area (Å²) in [7, 11) is 0. The minimum atomic E-state index is 0.815. The Balaban J connectivity index is 1.65. The van der Waals surface area contributed by atoms with Crippen LogP contribution in [-0.4, -0.2) is 24.0 Å². The lowest BCUT2D eigenvalue weighted by atomic mass is 9.78. The maximum Gasteiger partial charge on any atom is 0.120 e. The molecule has 1 aliphatic heterocycles. The number of nitrogens with zero attached hydrogens (tertiary/aromatic N) is 1. The zero-order valence-corrected chi connectivity index (χ0v) is 13.7. The van der Waals surface area contributed by atoms with Gasteiger partial charge in [-0.15, -0.1) is 0 Å². The van der Waals surface area contributed by atoms with E-state index in [1.807, 2.05) is 0 Å². The highest BCUT2D eigenvalue weighted by Crippen LogP contribution is 2.36. The van der Waals surface area contributed by atoms with Crippen LogP contribution >= 0.6 is 0 Å². The highest BCUT2D eigenvalue weighted by Gasteiger charge is 2.33. The van der Waals surface area contributed by atoms with Gasteiger partial charge in [0.15, 0.2) is 0 Å². The first-order valence-electron chi connectivity index (χ1n) is 8.81. The van der Waals surface area contributed by atoms with Gasteiger partial charge >= 0.3 is 0 Å². The van der Waals surface area contributed by atoms with Crippen LogP contribution in [-0.2, 0) is 13.1 Å². The maximum absolute atomic E-state index is 6.09. The second-order valence-electron chi connectivity index (χ2n) is 6.82. The summed E-state index contributed by atoms with van der Waals surface area (Å²) in [5.41, 5.74) is 1.29. The molecule has 0 unspecified atom stereocenters. The first-order valence-corrected chi connectivity index (χ1v) is 8.81. The molecule has 1 saturated carbocycles. The molecule has 118 valence electrons. The lowest BCUT2D eigenvalue weighted by molar-refractivity contribution is 0.0492. The Morgan fingerprint density at radius 2 is 2.05 bits per heavy atom. The van der Waals surface area contributed by atoms with Crippen LogP contribution in [0.2, 0.25) is 0 Å². The van der Waals surface area contributed by atoms with Gasteiger partial charge < -0.3 is 9.73 Å². The van der Waals surface area contributed by atoms with E-state index < -0.39 is 0 Å². The van der Waals surface area contributed by atoms with Crippen LogP contribution < -0.4 is 5.32 Å². The van der Waals surface area contributed by atoms with E-state index in [4.69, 9.17) is 4.42 Å². The molecule has 0 amide bonds. The highest BCUT2D eigenvalue weighted by atomic mass is 16.3. The van der Waals surface area contributed by atoms with Crippen molar-refractivity contribution in [1.29, 1.82) is 0 Å². The van der Waals surface area contributed by atoms with E-state index in [-0.39, 0.29) is 0 Å². The largest absolute Gasteiger partial charge is 0.463 e. The first-order chi connectivity index (χ1) is 10.3. The Hall–Kier alpha value is -0.800. The maximum atomic E-state index is 6.09. The van der Waals surface area contributed by atoms with Crippen LogP contribution in [0.3, 0.4) is 0 Å². The van der Waals surface area contributed by atoms with Gasteiger partial charge in [0.2, 0.25) is 0 Å². The number of nitrogens with one attached hydrogen (secondary N) is 1. The molecule has 1 aromatic heterocycles.